The van der Waals surface area contributed by atoms with Crippen molar-refractivity contribution in [3.63, 3.8) is 0 Å². The molecule has 0 amide bonds. The van der Waals surface area contributed by atoms with Gasteiger partial charge in [-0.1, -0.05) is 5.16 Å². The molecule has 3 heterocycles. The number of fused-ring (bicyclic) bond motifs is 1. The topological polar surface area (TPSA) is 80.5 Å². The van der Waals surface area contributed by atoms with Crippen LogP contribution < -0.4 is 0 Å². The molecular formula is C11H9N5OS. The minimum absolute atomic E-state index is 0.441. The van der Waals surface area contributed by atoms with E-state index < -0.39 is 0 Å². The summed E-state index contributed by atoms with van der Waals surface area (Å²) in [6.45, 7) is 0. The van der Waals surface area contributed by atoms with Crippen LogP contribution in [0.25, 0.3) is 22.4 Å². The van der Waals surface area contributed by atoms with E-state index >= 15 is 0 Å². The van der Waals surface area contributed by atoms with E-state index in [1.807, 2.05) is 0 Å². The standard InChI is InChI=1S/C11H9N5OS/c1-2-6-4-8(18-7(6)3-1)11-14-10(16-17-11)9-12-5-13-15-9/h4-5H,1-3H2,(H,12,13,15). The van der Waals surface area contributed by atoms with Crippen LogP contribution in [0.15, 0.2) is 16.9 Å². The minimum atomic E-state index is 0.441. The Kier molecular flexibility index (Phi) is 2.07. The van der Waals surface area contributed by atoms with Crippen LogP contribution in [0.3, 0.4) is 0 Å². The van der Waals surface area contributed by atoms with Gasteiger partial charge in [0.25, 0.3) is 5.89 Å². The van der Waals surface area contributed by atoms with Crippen molar-refractivity contribution < 1.29 is 4.52 Å². The fourth-order valence-electron chi connectivity index (χ4n) is 2.17. The summed E-state index contributed by atoms with van der Waals surface area (Å²) in [6.07, 6.45) is 5.01. The van der Waals surface area contributed by atoms with Crippen LogP contribution in [0.5, 0.6) is 0 Å². The van der Waals surface area contributed by atoms with Crippen LogP contribution in [-0.2, 0) is 12.8 Å². The van der Waals surface area contributed by atoms with Gasteiger partial charge in [0.15, 0.2) is 5.82 Å². The third-order valence-corrected chi connectivity index (χ3v) is 4.24. The number of aromatic amines is 1. The second kappa shape index (κ2) is 3.74. The quantitative estimate of drug-likeness (QED) is 0.762. The van der Waals surface area contributed by atoms with Gasteiger partial charge in [-0.2, -0.15) is 10.1 Å². The van der Waals surface area contributed by atoms with Gasteiger partial charge in [0.2, 0.25) is 5.82 Å². The van der Waals surface area contributed by atoms with Crippen molar-refractivity contribution in [1.29, 1.82) is 0 Å². The Labute approximate surface area is 106 Å². The van der Waals surface area contributed by atoms with Crippen LogP contribution in [0.2, 0.25) is 0 Å². The first-order valence-corrected chi connectivity index (χ1v) is 6.53. The Balaban J connectivity index is 1.72. The zero-order valence-corrected chi connectivity index (χ0v) is 10.2. The van der Waals surface area contributed by atoms with E-state index in [2.05, 4.69) is 31.4 Å². The summed E-state index contributed by atoms with van der Waals surface area (Å²) >= 11 is 1.74. The maximum Gasteiger partial charge on any atom is 0.268 e. The van der Waals surface area contributed by atoms with Gasteiger partial charge < -0.3 is 4.52 Å². The number of hydrogen-bond acceptors (Lipinski definition) is 6. The van der Waals surface area contributed by atoms with E-state index in [0.717, 1.165) is 11.3 Å². The van der Waals surface area contributed by atoms with Crippen molar-refractivity contribution >= 4 is 11.3 Å². The first-order chi connectivity index (χ1) is 8.90. The molecule has 0 aliphatic heterocycles. The largest absolute Gasteiger partial charge is 0.333 e. The first-order valence-electron chi connectivity index (χ1n) is 5.71. The van der Waals surface area contributed by atoms with Crippen LogP contribution in [0, 0.1) is 0 Å². The molecule has 0 bridgehead atoms. The van der Waals surface area contributed by atoms with Gasteiger partial charge in [-0.05, 0) is 30.9 Å². The molecule has 0 atom stereocenters. The van der Waals surface area contributed by atoms with E-state index in [9.17, 15) is 0 Å². The highest BCUT2D eigenvalue weighted by molar-refractivity contribution is 7.15. The lowest BCUT2D eigenvalue weighted by Gasteiger charge is -1.86. The van der Waals surface area contributed by atoms with Crippen LogP contribution >= 0.6 is 11.3 Å². The second-order valence-corrected chi connectivity index (χ2v) is 5.31. The van der Waals surface area contributed by atoms with Crippen molar-refractivity contribution in [3.8, 4) is 22.4 Å². The Morgan fingerprint density at radius 3 is 3.17 bits per heavy atom. The smallest absolute Gasteiger partial charge is 0.268 e. The molecule has 4 rings (SSSR count). The Bertz CT molecular complexity index is 663. The molecule has 0 unspecified atom stereocenters. The Morgan fingerprint density at radius 1 is 1.33 bits per heavy atom. The number of aromatic nitrogens is 5. The summed E-state index contributed by atoms with van der Waals surface area (Å²) < 4.78 is 5.27. The number of nitrogens with one attached hydrogen (secondary N) is 1. The molecular weight excluding hydrogens is 250 g/mol. The summed E-state index contributed by atoms with van der Waals surface area (Å²) in [4.78, 5) is 10.8. The van der Waals surface area contributed by atoms with Crippen LogP contribution in [0.4, 0.5) is 0 Å². The monoisotopic (exact) mass is 259 g/mol. The van der Waals surface area contributed by atoms with Crippen LogP contribution in [-0.4, -0.2) is 25.3 Å². The maximum atomic E-state index is 5.27. The lowest BCUT2D eigenvalue weighted by atomic mass is 10.2. The molecule has 90 valence electrons. The molecule has 3 aromatic heterocycles. The molecule has 7 heteroatoms. The van der Waals surface area contributed by atoms with Crippen LogP contribution in [0.1, 0.15) is 16.9 Å². The molecule has 0 radical (unpaired) electrons. The summed E-state index contributed by atoms with van der Waals surface area (Å²) in [5.74, 6) is 1.52. The van der Waals surface area contributed by atoms with Crippen molar-refractivity contribution in [3.05, 3.63) is 22.8 Å². The molecule has 1 N–H and O–H groups in total. The zero-order chi connectivity index (χ0) is 11.9. The predicted molar refractivity (Wildman–Crippen MR) is 65.0 cm³/mol. The number of thiophene rings is 1. The predicted octanol–water partition coefficient (Wildman–Crippen LogP) is 2.07. The van der Waals surface area contributed by atoms with Gasteiger partial charge in [-0.3, -0.25) is 5.10 Å². The number of H-pyrrole nitrogens is 1. The van der Waals surface area contributed by atoms with Gasteiger partial charge in [0.1, 0.15) is 6.33 Å². The molecule has 0 fully saturated rings. The van der Waals surface area contributed by atoms with Crippen molar-refractivity contribution in [2.24, 2.45) is 0 Å². The molecule has 1 aliphatic carbocycles. The van der Waals surface area contributed by atoms with Crippen molar-refractivity contribution in [2.75, 3.05) is 0 Å². The Hall–Kier alpha value is -2.02. The molecule has 3 aromatic rings. The highest BCUT2D eigenvalue weighted by Crippen LogP contribution is 2.36. The van der Waals surface area contributed by atoms with Gasteiger partial charge in [0.05, 0.1) is 4.88 Å². The van der Waals surface area contributed by atoms with E-state index in [1.54, 1.807) is 11.3 Å². The molecule has 18 heavy (non-hydrogen) atoms. The number of aryl methyl sites for hydroxylation is 2. The third kappa shape index (κ3) is 1.47. The normalized spacial score (nSPS) is 14.0. The molecule has 0 aromatic carbocycles. The molecule has 0 saturated carbocycles. The fraction of sp³-hybridized carbons (Fsp3) is 0.273. The lowest BCUT2D eigenvalue weighted by Crippen LogP contribution is -1.82. The lowest BCUT2D eigenvalue weighted by molar-refractivity contribution is 0.433. The van der Waals surface area contributed by atoms with E-state index in [-0.39, 0.29) is 0 Å². The number of nitrogens with zero attached hydrogens (tertiary/aromatic N) is 4. The van der Waals surface area contributed by atoms with Gasteiger partial charge in [0, 0.05) is 4.88 Å². The summed E-state index contributed by atoms with van der Waals surface area (Å²) in [5.41, 5.74) is 1.43. The maximum absolute atomic E-state index is 5.27. The molecule has 0 saturated heterocycles. The third-order valence-electron chi connectivity index (χ3n) is 3.01. The fourth-order valence-corrected chi connectivity index (χ4v) is 3.34. The molecule has 0 spiro atoms. The average molecular weight is 259 g/mol. The molecule has 6 nitrogen and oxygen atoms in total. The Morgan fingerprint density at radius 2 is 2.33 bits per heavy atom. The van der Waals surface area contributed by atoms with Gasteiger partial charge >= 0.3 is 0 Å². The summed E-state index contributed by atoms with van der Waals surface area (Å²) in [6, 6.07) is 2.16. The van der Waals surface area contributed by atoms with Crippen molar-refractivity contribution in [2.45, 2.75) is 19.3 Å². The first kappa shape index (κ1) is 9.95. The highest BCUT2D eigenvalue weighted by atomic mass is 32.1. The van der Waals surface area contributed by atoms with E-state index in [4.69, 9.17) is 4.52 Å². The number of rotatable bonds is 2. The van der Waals surface area contributed by atoms with Crippen molar-refractivity contribution in [1.82, 2.24) is 25.3 Å². The van der Waals surface area contributed by atoms with Gasteiger partial charge in [-0.25, -0.2) is 4.98 Å². The zero-order valence-electron chi connectivity index (χ0n) is 9.38. The second-order valence-electron chi connectivity index (χ2n) is 4.17. The summed E-state index contributed by atoms with van der Waals surface area (Å²) in [5, 5.41) is 10.4. The summed E-state index contributed by atoms with van der Waals surface area (Å²) in [7, 11) is 0. The highest BCUT2D eigenvalue weighted by Gasteiger charge is 2.19. The van der Waals surface area contributed by atoms with E-state index in [0.29, 0.717) is 17.5 Å². The number of hydrogen-bond donors (Lipinski definition) is 1. The minimum Gasteiger partial charge on any atom is -0.333 e. The average Bonchev–Trinajstić information content (AvgIpc) is 3.13. The molecule has 1 aliphatic rings. The van der Waals surface area contributed by atoms with Gasteiger partial charge in [-0.15, -0.1) is 11.3 Å². The van der Waals surface area contributed by atoms with E-state index in [1.165, 1.54) is 29.6 Å². The SMILES string of the molecule is c1n[nH]c(-c2noc(-c3cc4c(s3)CCC4)n2)n1.